The van der Waals surface area contributed by atoms with Gasteiger partial charge in [-0.3, -0.25) is 10.1 Å². The van der Waals surface area contributed by atoms with Crippen molar-refractivity contribution in [2.75, 3.05) is 18.5 Å². The maximum Gasteiger partial charge on any atom is 0.514 e. The van der Waals surface area contributed by atoms with Crippen LogP contribution in [0.25, 0.3) is 0 Å². The molecule has 0 amide bonds. The van der Waals surface area contributed by atoms with Gasteiger partial charge in [-0.05, 0) is 18.2 Å². The van der Waals surface area contributed by atoms with Gasteiger partial charge in [-0.1, -0.05) is 53.0 Å². The summed E-state index contributed by atoms with van der Waals surface area (Å²) in [5.41, 5.74) is 0.140. The molecule has 7 nitrogen and oxygen atoms in total. The van der Waals surface area contributed by atoms with Crippen LogP contribution < -0.4 is 10.1 Å². The van der Waals surface area contributed by atoms with Gasteiger partial charge >= 0.3 is 11.8 Å². The number of nitrogens with zero attached hydrogens (tertiary/aromatic N) is 1. The molecule has 2 aromatic carbocycles. The van der Waals surface area contributed by atoms with E-state index in [-0.39, 0.29) is 21.7 Å². The molecule has 0 saturated heterocycles. The SMILES string of the molecule is O=C(OCCNc1ccccc1)Oc1c(Cl)cc(Cl)c(Cl)c1[N+](=O)[O-]. The molecule has 0 aliphatic rings. The van der Waals surface area contributed by atoms with E-state index in [2.05, 4.69) is 5.32 Å². The molecule has 0 atom stereocenters. The average Bonchev–Trinajstić information content (AvgIpc) is 2.57. The maximum atomic E-state index is 11.7. The molecule has 0 aliphatic heterocycles. The van der Waals surface area contributed by atoms with E-state index in [1.54, 1.807) is 0 Å². The first-order valence-electron chi connectivity index (χ1n) is 6.85. The average molecular weight is 406 g/mol. The van der Waals surface area contributed by atoms with Gasteiger partial charge < -0.3 is 14.8 Å². The van der Waals surface area contributed by atoms with Gasteiger partial charge in [0.25, 0.3) is 0 Å². The third-order valence-electron chi connectivity index (χ3n) is 2.90. The van der Waals surface area contributed by atoms with Crippen molar-refractivity contribution in [1.82, 2.24) is 0 Å². The lowest BCUT2D eigenvalue weighted by Crippen LogP contribution is -2.17. The van der Waals surface area contributed by atoms with E-state index in [1.807, 2.05) is 30.3 Å². The fourth-order valence-electron chi connectivity index (χ4n) is 1.82. The minimum absolute atomic E-state index is 0.0273. The van der Waals surface area contributed by atoms with Crippen molar-refractivity contribution in [1.29, 1.82) is 0 Å². The van der Waals surface area contributed by atoms with Gasteiger partial charge in [0.05, 0.1) is 15.0 Å². The van der Waals surface area contributed by atoms with Gasteiger partial charge in [-0.2, -0.15) is 0 Å². The summed E-state index contributed by atoms with van der Waals surface area (Å²) in [6, 6.07) is 10.4. The summed E-state index contributed by atoms with van der Waals surface area (Å²) in [4.78, 5) is 22.0. The highest BCUT2D eigenvalue weighted by atomic mass is 35.5. The molecule has 25 heavy (non-hydrogen) atoms. The zero-order valence-corrected chi connectivity index (χ0v) is 14.8. The first-order valence-corrected chi connectivity index (χ1v) is 7.99. The molecule has 0 fully saturated rings. The molecular formula is C15H11Cl3N2O5. The Balaban J connectivity index is 1.96. The summed E-state index contributed by atoms with van der Waals surface area (Å²) in [5.74, 6) is -0.526. The number of carbonyl (C=O) groups is 1. The second kappa shape index (κ2) is 8.75. The molecule has 0 unspecified atom stereocenters. The Morgan fingerprint density at radius 1 is 1.16 bits per heavy atom. The number of ether oxygens (including phenoxy) is 2. The van der Waals surface area contributed by atoms with Crippen LogP contribution >= 0.6 is 34.8 Å². The lowest BCUT2D eigenvalue weighted by Gasteiger charge is -2.10. The standard InChI is InChI=1S/C15H11Cl3N2O5/c16-10-8-11(17)14(13(12(10)18)20(22)23)25-15(21)24-7-6-19-9-4-2-1-3-5-9/h1-5,8,19H,6-7H2. The summed E-state index contributed by atoms with van der Waals surface area (Å²) >= 11 is 17.3. The van der Waals surface area contributed by atoms with E-state index < -0.39 is 22.5 Å². The number of halogens is 3. The van der Waals surface area contributed by atoms with Crippen LogP contribution in [-0.4, -0.2) is 24.2 Å². The van der Waals surface area contributed by atoms with Crippen molar-refractivity contribution in [3.05, 3.63) is 61.6 Å². The Morgan fingerprint density at radius 2 is 1.84 bits per heavy atom. The predicted octanol–water partition coefficient (Wildman–Crippen LogP) is 5.18. The van der Waals surface area contributed by atoms with Crippen molar-refractivity contribution in [2.45, 2.75) is 0 Å². The summed E-state index contributed by atoms with van der Waals surface area (Å²) in [5, 5.41) is 13.4. The molecule has 0 aromatic heterocycles. The van der Waals surface area contributed by atoms with Gasteiger partial charge in [-0.25, -0.2) is 4.79 Å². The predicted molar refractivity (Wildman–Crippen MR) is 95.0 cm³/mol. The third-order valence-corrected chi connectivity index (χ3v) is 3.95. The lowest BCUT2D eigenvalue weighted by atomic mass is 10.3. The normalized spacial score (nSPS) is 10.2. The number of para-hydroxylation sites is 1. The zero-order valence-electron chi connectivity index (χ0n) is 12.5. The first kappa shape index (κ1) is 19.1. The molecule has 0 heterocycles. The molecule has 0 spiro atoms. The van der Waals surface area contributed by atoms with E-state index in [4.69, 9.17) is 44.3 Å². The van der Waals surface area contributed by atoms with Gasteiger partial charge in [-0.15, -0.1) is 0 Å². The second-order valence-electron chi connectivity index (χ2n) is 4.58. The van der Waals surface area contributed by atoms with Crippen molar-refractivity contribution in [3.8, 4) is 5.75 Å². The summed E-state index contributed by atoms with van der Waals surface area (Å²) in [7, 11) is 0. The Hall–Kier alpha value is -2.22. The molecule has 2 aromatic rings. The monoisotopic (exact) mass is 404 g/mol. The quantitative estimate of drug-likeness (QED) is 0.178. The van der Waals surface area contributed by atoms with Gasteiger partial charge in [0.1, 0.15) is 11.6 Å². The molecule has 0 radical (unpaired) electrons. The van der Waals surface area contributed by atoms with Crippen LogP contribution in [0.2, 0.25) is 15.1 Å². The second-order valence-corrected chi connectivity index (χ2v) is 5.77. The number of anilines is 1. The number of benzene rings is 2. The fraction of sp³-hybridized carbons (Fsp3) is 0.133. The maximum absolute atomic E-state index is 11.7. The van der Waals surface area contributed by atoms with Gasteiger partial charge in [0.15, 0.2) is 0 Å². The number of rotatable bonds is 6. The Bertz CT molecular complexity index is 786. The van der Waals surface area contributed by atoms with E-state index >= 15 is 0 Å². The van der Waals surface area contributed by atoms with Crippen LogP contribution in [0.15, 0.2) is 36.4 Å². The van der Waals surface area contributed by atoms with E-state index in [0.717, 1.165) is 11.8 Å². The topological polar surface area (TPSA) is 90.7 Å². The number of carbonyl (C=O) groups excluding carboxylic acids is 1. The summed E-state index contributed by atoms with van der Waals surface area (Å²) < 4.78 is 9.67. The van der Waals surface area contributed by atoms with Crippen LogP contribution in [-0.2, 0) is 4.74 Å². The molecule has 1 N–H and O–H groups in total. The van der Waals surface area contributed by atoms with Crippen molar-refractivity contribution < 1.29 is 19.2 Å². The summed E-state index contributed by atoms with van der Waals surface area (Å²) in [6.45, 7) is 0.288. The smallest absolute Gasteiger partial charge is 0.432 e. The van der Waals surface area contributed by atoms with E-state index in [0.29, 0.717) is 6.54 Å². The van der Waals surface area contributed by atoms with Crippen molar-refractivity contribution in [2.24, 2.45) is 0 Å². The summed E-state index contributed by atoms with van der Waals surface area (Å²) in [6.07, 6.45) is -1.15. The number of hydrogen-bond donors (Lipinski definition) is 1. The Morgan fingerprint density at radius 3 is 2.48 bits per heavy atom. The molecule has 132 valence electrons. The highest BCUT2D eigenvalue weighted by molar-refractivity contribution is 6.45. The number of hydrogen-bond acceptors (Lipinski definition) is 6. The highest BCUT2D eigenvalue weighted by Gasteiger charge is 2.28. The molecule has 0 bridgehead atoms. The van der Waals surface area contributed by atoms with Gasteiger partial charge in [0.2, 0.25) is 5.75 Å². The van der Waals surface area contributed by atoms with Crippen LogP contribution in [0.4, 0.5) is 16.2 Å². The van der Waals surface area contributed by atoms with Crippen LogP contribution in [0.3, 0.4) is 0 Å². The van der Waals surface area contributed by atoms with Crippen LogP contribution in [0, 0.1) is 10.1 Å². The molecule has 0 saturated carbocycles. The number of nitro benzene ring substituents is 1. The third kappa shape index (κ3) is 5.12. The Kier molecular flexibility index (Phi) is 6.69. The zero-order chi connectivity index (χ0) is 18.4. The van der Waals surface area contributed by atoms with Crippen LogP contribution in [0.5, 0.6) is 5.75 Å². The molecular weight excluding hydrogens is 395 g/mol. The molecule has 10 heteroatoms. The number of nitro groups is 1. The lowest BCUT2D eigenvalue weighted by molar-refractivity contribution is -0.385. The van der Waals surface area contributed by atoms with Gasteiger partial charge in [0, 0.05) is 12.2 Å². The Labute approximate surface area is 157 Å². The van der Waals surface area contributed by atoms with E-state index in [9.17, 15) is 14.9 Å². The molecule has 2 rings (SSSR count). The van der Waals surface area contributed by atoms with Crippen LogP contribution in [0.1, 0.15) is 0 Å². The van der Waals surface area contributed by atoms with Crippen molar-refractivity contribution >= 4 is 52.3 Å². The fourth-order valence-corrected chi connectivity index (χ4v) is 2.53. The van der Waals surface area contributed by atoms with E-state index in [1.165, 1.54) is 0 Å². The number of nitrogens with one attached hydrogen (secondary N) is 1. The minimum Gasteiger partial charge on any atom is -0.432 e. The van der Waals surface area contributed by atoms with Crippen molar-refractivity contribution in [3.63, 3.8) is 0 Å². The molecule has 0 aliphatic carbocycles. The minimum atomic E-state index is -1.15. The highest BCUT2D eigenvalue weighted by Crippen LogP contribution is 2.44. The largest absolute Gasteiger partial charge is 0.514 e. The first-order chi connectivity index (χ1) is 11.9.